The minimum absolute atomic E-state index is 0.0598. The molecule has 2 saturated heterocycles. The van der Waals surface area contributed by atoms with Crippen LogP contribution in [0.25, 0.3) is 10.8 Å². The third kappa shape index (κ3) is 3.48. The SMILES string of the molecule is CCN1C[C@H](C(=O)Nc2ccc(N3CCCCC3)c3ccncc23)CC1=O. The Balaban J connectivity index is 1.59. The standard InChI is InChI=1S/C21H26N4O2/c1-2-24-14-15(12-20(24)26)21(27)23-18-6-7-19(25-10-4-3-5-11-25)16-8-9-22-13-17(16)18/h6-9,13,15H,2-5,10-12,14H2,1H3,(H,23,27)/t15-/m1/s1. The monoisotopic (exact) mass is 366 g/mol. The summed E-state index contributed by atoms with van der Waals surface area (Å²) in [5.74, 6) is -0.314. The second kappa shape index (κ2) is 7.55. The molecule has 2 aliphatic rings. The second-order valence-corrected chi connectivity index (χ2v) is 7.42. The molecule has 27 heavy (non-hydrogen) atoms. The summed E-state index contributed by atoms with van der Waals surface area (Å²) in [5.41, 5.74) is 1.98. The van der Waals surface area contributed by atoms with Gasteiger partial charge in [0.15, 0.2) is 0 Å². The van der Waals surface area contributed by atoms with Gasteiger partial charge in [0.25, 0.3) is 0 Å². The molecule has 3 heterocycles. The van der Waals surface area contributed by atoms with Crippen molar-refractivity contribution in [1.82, 2.24) is 9.88 Å². The van der Waals surface area contributed by atoms with E-state index in [0.717, 1.165) is 29.5 Å². The Kier molecular flexibility index (Phi) is 4.97. The highest BCUT2D eigenvalue weighted by Gasteiger charge is 2.33. The van der Waals surface area contributed by atoms with Crippen LogP contribution in [0.3, 0.4) is 0 Å². The van der Waals surface area contributed by atoms with Crippen molar-refractivity contribution in [3.63, 3.8) is 0 Å². The lowest BCUT2D eigenvalue weighted by Gasteiger charge is -2.30. The average molecular weight is 366 g/mol. The number of carbonyl (C=O) groups is 2. The number of fused-ring (bicyclic) bond motifs is 1. The molecule has 2 amide bonds. The second-order valence-electron chi connectivity index (χ2n) is 7.42. The molecular weight excluding hydrogens is 340 g/mol. The van der Waals surface area contributed by atoms with Gasteiger partial charge in [-0.1, -0.05) is 0 Å². The molecule has 6 heteroatoms. The molecular formula is C21H26N4O2. The molecule has 1 atom stereocenters. The van der Waals surface area contributed by atoms with Crippen LogP contribution in [0.15, 0.2) is 30.6 Å². The van der Waals surface area contributed by atoms with Crippen molar-refractivity contribution in [3.8, 4) is 0 Å². The van der Waals surface area contributed by atoms with E-state index in [0.29, 0.717) is 19.5 Å². The number of likely N-dealkylation sites (tertiary alicyclic amines) is 1. The molecule has 0 aliphatic carbocycles. The third-order valence-electron chi connectivity index (χ3n) is 5.72. The van der Waals surface area contributed by atoms with Gasteiger partial charge in [-0.15, -0.1) is 0 Å². The number of pyridine rings is 1. The van der Waals surface area contributed by atoms with Gasteiger partial charge in [-0.05, 0) is 44.4 Å². The van der Waals surface area contributed by atoms with Crippen molar-refractivity contribution in [2.24, 2.45) is 5.92 Å². The number of rotatable bonds is 4. The summed E-state index contributed by atoms with van der Waals surface area (Å²) < 4.78 is 0. The number of hydrogen-bond acceptors (Lipinski definition) is 4. The zero-order valence-corrected chi connectivity index (χ0v) is 15.8. The minimum Gasteiger partial charge on any atom is -0.371 e. The van der Waals surface area contributed by atoms with E-state index >= 15 is 0 Å². The maximum atomic E-state index is 12.7. The summed E-state index contributed by atoms with van der Waals surface area (Å²) in [5, 5.41) is 5.11. The van der Waals surface area contributed by atoms with Gasteiger partial charge in [0.1, 0.15) is 0 Å². The fourth-order valence-corrected chi connectivity index (χ4v) is 4.18. The van der Waals surface area contributed by atoms with Gasteiger partial charge >= 0.3 is 0 Å². The predicted octanol–water partition coefficient (Wildman–Crippen LogP) is 3.03. The van der Waals surface area contributed by atoms with E-state index in [2.05, 4.69) is 21.3 Å². The first-order chi connectivity index (χ1) is 13.2. The minimum atomic E-state index is -0.286. The molecule has 2 aliphatic heterocycles. The number of piperidine rings is 1. The number of benzene rings is 1. The van der Waals surface area contributed by atoms with Gasteiger partial charge in [-0.3, -0.25) is 14.6 Å². The maximum Gasteiger partial charge on any atom is 0.229 e. The van der Waals surface area contributed by atoms with Crippen LogP contribution in [0.4, 0.5) is 11.4 Å². The van der Waals surface area contributed by atoms with Crippen molar-refractivity contribution in [2.75, 3.05) is 36.4 Å². The largest absolute Gasteiger partial charge is 0.371 e. The zero-order chi connectivity index (χ0) is 18.8. The van der Waals surface area contributed by atoms with Crippen molar-refractivity contribution in [3.05, 3.63) is 30.6 Å². The molecule has 0 radical (unpaired) electrons. The highest BCUT2D eigenvalue weighted by Crippen LogP contribution is 2.33. The van der Waals surface area contributed by atoms with Crippen LogP contribution in [0, 0.1) is 5.92 Å². The highest BCUT2D eigenvalue weighted by atomic mass is 16.2. The Labute approximate surface area is 159 Å². The van der Waals surface area contributed by atoms with Crippen molar-refractivity contribution in [2.45, 2.75) is 32.6 Å². The van der Waals surface area contributed by atoms with Crippen LogP contribution >= 0.6 is 0 Å². The highest BCUT2D eigenvalue weighted by molar-refractivity contribution is 6.07. The summed E-state index contributed by atoms with van der Waals surface area (Å²) in [6, 6.07) is 6.09. The first-order valence-corrected chi connectivity index (χ1v) is 9.87. The van der Waals surface area contributed by atoms with Gasteiger partial charge in [0.05, 0.1) is 11.6 Å². The number of aromatic nitrogens is 1. The molecule has 0 saturated carbocycles. The van der Waals surface area contributed by atoms with Gasteiger partial charge in [-0.2, -0.15) is 0 Å². The summed E-state index contributed by atoms with van der Waals surface area (Å²) in [6.07, 6.45) is 7.64. The van der Waals surface area contributed by atoms with Crippen molar-refractivity contribution < 1.29 is 9.59 Å². The molecule has 0 unspecified atom stereocenters. The Hall–Kier alpha value is -2.63. The average Bonchev–Trinajstić information content (AvgIpc) is 3.10. The van der Waals surface area contributed by atoms with Gasteiger partial charge in [-0.25, -0.2) is 0 Å². The van der Waals surface area contributed by atoms with Crippen LogP contribution in [0.1, 0.15) is 32.6 Å². The van der Waals surface area contributed by atoms with E-state index in [4.69, 9.17) is 0 Å². The van der Waals surface area contributed by atoms with Gasteiger partial charge in [0.2, 0.25) is 11.8 Å². The molecule has 0 bridgehead atoms. The van der Waals surface area contributed by atoms with E-state index in [1.807, 2.05) is 25.3 Å². The van der Waals surface area contributed by atoms with Crippen LogP contribution in [-0.2, 0) is 9.59 Å². The molecule has 2 aromatic rings. The topological polar surface area (TPSA) is 65.5 Å². The van der Waals surface area contributed by atoms with Crippen LogP contribution in [-0.4, -0.2) is 47.9 Å². The van der Waals surface area contributed by atoms with Crippen molar-refractivity contribution >= 4 is 34.0 Å². The fourth-order valence-electron chi connectivity index (χ4n) is 4.18. The van der Waals surface area contributed by atoms with Crippen LogP contribution in [0.5, 0.6) is 0 Å². The number of amides is 2. The predicted molar refractivity (Wildman–Crippen MR) is 107 cm³/mol. The Morgan fingerprint density at radius 1 is 1.19 bits per heavy atom. The normalized spacial score (nSPS) is 20.3. The summed E-state index contributed by atoms with van der Waals surface area (Å²) in [6.45, 7) is 5.24. The van der Waals surface area contributed by atoms with E-state index in [9.17, 15) is 9.59 Å². The molecule has 4 rings (SSSR count). The number of nitrogens with one attached hydrogen (secondary N) is 1. The Bertz CT molecular complexity index is 860. The lowest BCUT2D eigenvalue weighted by atomic mass is 10.0. The third-order valence-corrected chi connectivity index (χ3v) is 5.72. The van der Waals surface area contributed by atoms with E-state index < -0.39 is 0 Å². The van der Waals surface area contributed by atoms with Gasteiger partial charge in [0, 0.05) is 61.5 Å². The van der Waals surface area contributed by atoms with E-state index in [-0.39, 0.29) is 17.7 Å². The Morgan fingerprint density at radius 3 is 2.74 bits per heavy atom. The first kappa shape index (κ1) is 17.8. The van der Waals surface area contributed by atoms with Crippen molar-refractivity contribution in [1.29, 1.82) is 0 Å². The zero-order valence-electron chi connectivity index (χ0n) is 15.8. The number of nitrogens with zero attached hydrogens (tertiary/aromatic N) is 3. The number of hydrogen-bond donors (Lipinski definition) is 1. The first-order valence-electron chi connectivity index (χ1n) is 9.87. The summed E-state index contributed by atoms with van der Waals surface area (Å²) >= 11 is 0. The molecule has 142 valence electrons. The van der Waals surface area contributed by atoms with E-state index in [1.54, 1.807) is 11.1 Å². The molecule has 1 aromatic heterocycles. The quantitative estimate of drug-likeness (QED) is 0.903. The smallest absolute Gasteiger partial charge is 0.229 e. The Morgan fingerprint density at radius 2 is 2.00 bits per heavy atom. The summed E-state index contributed by atoms with van der Waals surface area (Å²) in [4.78, 5) is 33.1. The number of carbonyl (C=O) groups excluding carboxylic acids is 2. The van der Waals surface area contributed by atoms with Crippen LogP contribution < -0.4 is 10.2 Å². The lowest BCUT2D eigenvalue weighted by Crippen LogP contribution is -2.29. The van der Waals surface area contributed by atoms with E-state index in [1.165, 1.54) is 24.9 Å². The fraction of sp³-hybridized carbons (Fsp3) is 0.476. The maximum absolute atomic E-state index is 12.7. The molecule has 6 nitrogen and oxygen atoms in total. The molecule has 1 N–H and O–H groups in total. The molecule has 2 fully saturated rings. The summed E-state index contributed by atoms with van der Waals surface area (Å²) in [7, 11) is 0. The number of anilines is 2. The molecule has 0 spiro atoms. The molecule has 1 aromatic carbocycles. The lowest BCUT2D eigenvalue weighted by molar-refractivity contribution is -0.128. The van der Waals surface area contributed by atoms with Crippen LogP contribution in [0.2, 0.25) is 0 Å². The van der Waals surface area contributed by atoms with Gasteiger partial charge < -0.3 is 15.1 Å².